The third-order valence-corrected chi connectivity index (χ3v) is 3.07. The number of hydrogen-bond acceptors (Lipinski definition) is 3. The Morgan fingerprint density at radius 1 is 1.38 bits per heavy atom. The Labute approximate surface area is 99.3 Å². The summed E-state index contributed by atoms with van der Waals surface area (Å²) >= 11 is 5.96. The largest absolute Gasteiger partial charge is 0.489 e. The predicted octanol–water partition coefficient (Wildman–Crippen LogP) is 2.67. The van der Waals surface area contributed by atoms with Gasteiger partial charge in [0.25, 0.3) is 0 Å². The summed E-state index contributed by atoms with van der Waals surface area (Å²) in [7, 11) is 1.41. The molecule has 1 aliphatic rings. The molecule has 0 heterocycles. The van der Waals surface area contributed by atoms with Crippen LogP contribution in [0.4, 0.5) is 0 Å². The number of esters is 1. The molecule has 3 nitrogen and oxygen atoms in total. The van der Waals surface area contributed by atoms with Crippen molar-refractivity contribution in [3.63, 3.8) is 0 Å². The van der Waals surface area contributed by atoms with Gasteiger partial charge >= 0.3 is 5.97 Å². The lowest BCUT2D eigenvalue weighted by Crippen LogP contribution is -2.38. The van der Waals surface area contributed by atoms with Crippen LogP contribution in [0.1, 0.15) is 12.8 Å². The van der Waals surface area contributed by atoms with E-state index in [1.54, 1.807) is 6.07 Å². The van der Waals surface area contributed by atoms with Gasteiger partial charge in [0.2, 0.25) is 0 Å². The van der Waals surface area contributed by atoms with Crippen LogP contribution in [0.2, 0.25) is 5.02 Å². The molecule has 1 saturated carbocycles. The summed E-state index contributed by atoms with van der Waals surface area (Å²) in [5, 5.41) is 0.601. The molecule has 0 unspecified atom stereocenters. The van der Waals surface area contributed by atoms with E-state index in [0.29, 0.717) is 23.6 Å². The average Bonchev–Trinajstić information content (AvgIpc) is 2.24. The Morgan fingerprint density at radius 2 is 2.06 bits per heavy atom. The highest BCUT2D eigenvalue weighted by atomic mass is 35.5. The van der Waals surface area contributed by atoms with Gasteiger partial charge in [0.05, 0.1) is 18.1 Å². The van der Waals surface area contributed by atoms with Crippen LogP contribution in [0.15, 0.2) is 24.3 Å². The lowest BCUT2D eigenvalue weighted by atomic mass is 9.82. The van der Waals surface area contributed by atoms with Gasteiger partial charge in [0.15, 0.2) is 0 Å². The number of rotatable bonds is 3. The number of ether oxygens (including phenoxy) is 2. The van der Waals surface area contributed by atoms with E-state index in [4.69, 9.17) is 16.3 Å². The van der Waals surface area contributed by atoms with Crippen LogP contribution >= 0.6 is 11.6 Å². The second-order valence-corrected chi connectivity index (χ2v) is 4.27. The first-order valence-electron chi connectivity index (χ1n) is 5.19. The summed E-state index contributed by atoms with van der Waals surface area (Å²) in [6.07, 6.45) is 1.49. The summed E-state index contributed by atoms with van der Waals surface area (Å²) in [5.41, 5.74) is 0. The molecule has 0 aromatic heterocycles. The van der Waals surface area contributed by atoms with E-state index in [2.05, 4.69) is 4.74 Å². The number of methoxy groups -OCH3 is 1. The van der Waals surface area contributed by atoms with Crippen molar-refractivity contribution in [1.82, 2.24) is 0 Å². The van der Waals surface area contributed by atoms with Crippen LogP contribution in [-0.4, -0.2) is 19.2 Å². The molecule has 1 fully saturated rings. The topological polar surface area (TPSA) is 35.5 Å². The molecule has 86 valence electrons. The molecule has 0 aliphatic heterocycles. The number of benzene rings is 1. The summed E-state index contributed by atoms with van der Waals surface area (Å²) in [5.74, 6) is 0.508. The highest BCUT2D eigenvalue weighted by Gasteiger charge is 2.37. The molecule has 1 aromatic carbocycles. The zero-order valence-corrected chi connectivity index (χ0v) is 9.74. The van der Waals surface area contributed by atoms with Gasteiger partial charge in [-0.15, -0.1) is 0 Å². The minimum Gasteiger partial charge on any atom is -0.489 e. The van der Waals surface area contributed by atoms with Gasteiger partial charge in [-0.3, -0.25) is 4.79 Å². The maximum atomic E-state index is 11.2. The monoisotopic (exact) mass is 240 g/mol. The van der Waals surface area contributed by atoms with Gasteiger partial charge in [-0.2, -0.15) is 0 Å². The lowest BCUT2D eigenvalue weighted by Gasteiger charge is -2.33. The van der Waals surface area contributed by atoms with Gasteiger partial charge in [-0.25, -0.2) is 0 Å². The van der Waals surface area contributed by atoms with E-state index < -0.39 is 0 Å². The van der Waals surface area contributed by atoms with Crippen molar-refractivity contribution in [3.8, 4) is 5.75 Å². The summed E-state index contributed by atoms with van der Waals surface area (Å²) < 4.78 is 10.3. The Balaban J connectivity index is 1.86. The first-order chi connectivity index (χ1) is 7.70. The van der Waals surface area contributed by atoms with E-state index in [9.17, 15) is 4.79 Å². The minimum absolute atomic E-state index is 0.0162. The number of para-hydroxylation sites is 1. The Kier molecular flexibility index (Phi) is 3.34. The maximum absolute atomic E-state index is 11.2. The van der Waals surface area contributed by atoms with Crippen molar-refractivity contribution in [3.05, 3.63) is 29.3 Å². The maximum Gasteiger partial charge on any atom is 0.308 e. The zero-order chi connectivity index (χ0) is 11.5. The molecule has 0 amide bonds. The van der Waals surface area contributed by atoms with Crippen molar-refractivity contribution in [1.29, 1.82) is 0 Å². The molecule has 0 spiro atoms. The first kappa shape index (κ1) is 11.3. The fourth-order valence-electron chi connectivity index (χ4n) is 1.74. The van der Waals surface area contributed by atoms with Crippen molar-refractivity contribution < 1.29 is 14.3 Å². The summed E-state index contributed by atoms with van der Waals surface area (Å²) in [6.45, 7) is 0. The van der Waals surface area contributed by atoms with Gasteiger partial charge in [0, 0.05) is 0 Å². The molecule has 0 N–H and O–H groups in total. The van der Waals surface area contributed by atoms with Gasteiger partial charge in [0.1, 0.15) is 11.9 Å². The molecule has 1 aliphatic carbocycles. The molecule has 16 heavy (non-hydrogen) atoms. The van der Waals surface area contributed by atoms with Gasteiger partial charge in [-0.05, 0) is 25.0 Å². The second-order valence-electron chi connectivity index (χ2n) is 3.86. The molecule has 0 bridgehead atoms. The Bertz CT molecular complexity index is 386. The first-order valence-corrected chi connectivity index (χ1v) is 5.57. The van der Waals surface area contributed by atoms with Crippen molar-refractivity contribution in [2.75, 3.05) is 7.11 Å². The Morgan fingerprint density at radius 3 is 2.69 bits per heavy atom. The van der Waals surface area contributed by atoms with E-state index in [0.717, 1.165) is 0 Å². The van der Waals surface area contributed by atoms with E-state index in [1.165, 1.54) is 7.11 Å². The predicted molar refractivity (Wildman–Crippen MR) is 60.6 cm³/mol. The van der Waals surface area contributed by atoms with Crippen LogP contribution in [0.5, 0.6) is 5.75 Å². The molecule has 1 aromatic rings. The third kappa shape index (κ3) is 2.30. The molecule has 2 rings (SSSR count). The molecule has 0 atom stereocenters. The smallest absolute Gasteiger partial charge is 0.308 e. The number of halogens is 1. The average molecular weight is 241 g/mol. The molecular formula is C12H13ClO3. The lowest BCUT2D eigenvalue weighted by molar-refractivity contribution is -0.151. The molecule has 0 radical (unpaired) electrons. The third-order valence-electron chi connectivity index (χ3n) is 2.76. The minimum atomic E-state index is -0.154. The van der Waals surface area contributed by atoms with Crippen LogP contribution in [0.25, 0.3) is 0 Å². The summed E-state index contributed by atoms with van der Waals surface area (Å²) in [4.78, 5) is 11.2. The Hall–Kier alpha value is -1.22. The molecule has 4 heteroatoms. The second kappa shape index (κ2) is 4.74. The fraction of sp³-hybridized carbons (Fsp3) is 0.417. The van der Waals surface area contributed by atoms with Crippen LogP contribution in [0.3, 0.4) is 0 Å². The number of carbonyl (C=O) groups excluding carboxylic acids is 1. The van der Waals surface area contributed by atoms with E-state index >= 15 is 0 Å². The van der Waals surface area contributed by atoms with Gasteiger partial charge < -0.3 is 9.47 Å². The highest BCUT2D eigenvalue weighted by molar-refractivity contribution is 6.32. The summed E-state index contributed by atoms with van der Waals surface area (Å²) in [6, 6.07) is 7.34. The molecular weight excluding hydrogens is 228 g/mol. The standard InChI is InChI=1S/C12H13ClO3/c1-15-12(14)8-6-9(7-8)16-11-5-3-2-4-10(11)13/h2-5,8-9H,6-7H2,1H3. The van der Waals surface area contributed by atoms with Crippen molar-refractivity contribution in [2.24, 2.45) is 5.92 Å². The van der Waals surface area contributed by atoms with Crippen LogP contribution in [-0.2, 0) is 9.53 Å². The van der Waals surface area contributed by atoms with E-state index in [1.807, 2.05) is 18.2 Å². The normalized spacial score (nSPS) is 23.4. The van der Waals surface area contributed by atoms with Gasteiger partial charge in [-0.1, -0.05) is 23.7 Å². The van der Waals surface area contributed by atoms with E-state index in [-0.39, 0.29) is 18.0 Å². The fourth-order valence-corrected chi connectivity index (χ4v) is 1.92. The van der Waals surface area contributed by atoms with Crippen molar-refractivity contribution >= 4 is 17.6 Å². The number of hydrogen-bond donors (Lipinski definition) is 0. The number of carbonyl (C=O) groups is 1. The quantitative estimate of drug-likeness (QED) is 0.762. The zero-order valence-electron chi connectivity index (χ0n) is 8.98. The van der Waals surface area contributed by atoms with Crippen LogP contribution in [0, 0.1) is 5.92 Å². The molecule has 0 saturated heterocycles. The van der Waals surface area contributed by atoms with Crippen molar-refractivity contribution in [2.45, 2.75) is 18.9 Å². The highest BCUT2D eigenvalue weighted by Crippen LogP contribution is 2.34. The van der Waals surface area contributed by atoms with Crippen LogP contribution < -0.4 is 4.74 Å². The SMILES string of the molecule is COC(=O)C1CC(Oc2ccccc2Cl)C1.